The van der Waals surface area contributed by atoms with Crippen LogP contribution in [0.4, 0.5) is 0 Å². The third-order valence-electron chi connectivity index (χ3n) is 4.47. The van der Waals surface area contributed by atoms with Crippen LogP contribution in [0.3, 0.4) is 0 Å². The molecule has 5 heteroatoms. The first-order valence-electron chi connectivity index (χ1n) is 8.97. The molecule has 0 bridgehead atoms. The molecule has 0 amide bonds. The van der Waals surface area contributed by atoms with Crippen molar-refractivity contribution in [1.82, 2.24) is 0 Å². The molecule has 0 aromatic heterocycles. The van der Waals surface area contributed by atoms with E-state index in [4.69, 9.17) is 0 Å². The summed E-state index contributed by atoms with van der Waals surface area (Å²) in [6.45, 7) is 4.27. The van der Waals surface area contributed by atoms with E-state index in [0.29, 0.717) is 5.39 Å². The molecule has 0 aliphatic carbocycles. The van der Waals surface area contributed by atoms with Crippen LogP contribution in [0.1, 0.15) is 63.5 Å². The van der Waals surface area contributed by atoms with E-state index in [9.17, 15) is 13.0 Å². The van der Waals surface area contributed by atoms with Gasteiger partial charge in [0.05, 0.1) is 4.90 Å². The van der Waals surface area contributed by atoms with Gasteiger partial charge in [0.25, 0.3) is 0 Å². The Morgan fingerprint density at radius 1 is 0.920 bits per heavy atom. The molecule has 0 saturated carbocycles. The van der Waals surface area contributed by atoms with E-state index in [0.717, 1.165) is 67.9 Å². The van der Waals surface area contributed by atoms with Gasteiger partial charge in [-0.1, -0.05) is 63.8 Å². The third kappa shape index (κ3) is 6.37. The van der Waals surface area contributed by atoms with E-state index < -0.39 is 10.1 Å². The summed E-state index contributed by atoms with van der Waals surface area (Å²) in [6, 6.07) is 9.47. The van der Waals surface area contributed by atoms with Crippen LogP contribution >= 0.6 is 0 Å². The zero-order chi connectivity index (χ0) is 17.6. The fourth-order valence-corrected chi connectivity index (χ4v) is 4.01. The number of rotatable bonds is 9. The fourth-order valence-electron chi connectivity index (χ4n) is 3.22. The average molecular weight is 370 g/mol. The molecule has 2 aromatic carbocycles. The topological polar surface area (TPSA) is 57.2 Å². The van der Waals surface area contributed by atoms with Crippen LogP contribution in [-0.2, 0) is 23.0 Å². The van der Waals surface area contributed by atoms with Gasteiger partial charge in [-0.2, -0.15) is 0 Å². The van der Waals surface area contributed by atoms with Gasteiger partial charge in [0, 0.05) is 5.39 Å². The molecule has 2 aromatic rings. The fraction of sp³-hybridized carbons (Fsp3) is 0.500. The van der Waals surface area contributed by atoms with Gasteiger partial charge in [0.15, 0.2) is 0 Å². The van der Waals surface area contributed by atoms with Crippen molar-refractivity contribution in [2.75, 3.05) is 0 Å². The van der Waals surface area contributed by atoms with Crippen LogP contribution < -0.4 is 29.6 Å². The van der Waals surface area contributed by atoms with Gasteiger partial charge in [-0.3, -0.25) is 0 Å². The average Bonchev–Trinajstić information content (AvgIpc) is 2.54. The number of hydrogen-bond acceptors (Lipinski definition) is 3. The second kappa shape index (κ2) is 10.7. The monoisotopic (exact) mass is 370 g/mol. The number of hydrogen-bond donors (Lipinski definition) is 0. The van der Waals surface area contributed by atoms with Gasteiger partial charge in [0.1, 0.15) is 10.1 Å². The molecule has 0 aliphatic rings. The van der Waals surface area contributed by atoms with Gasteiger partial charge in [-0.25, -0.2) is 8.42 Å². The minimum absolute atomic E-state index is 0. The summed E-state index contributed by atoms with van der Waals surface area (Å²) in [6.07, 6.45) is 8.07. The molecule has 0 radical (unpaired) electrons. The minimum atomic E-state index is -4.49. The molecule has 0 fully saturated rings. The van der Waals surface area contributed by atoms with Gasteiger partial charge in [-0.05, 0) is 48.3 Å². The maximum Gasteiger partial charge on any atom is 1.00 e. The van der Waals surface area contributed by atoms with Crippen molar-refractivity contribution in [2.24, 2.45) is 0 Å². The third-order valence-corrected chi connectivity index (χ3v) is 5.34. The van der Waals surface area contributed by atoms with Gasteiger partial charge >= 0.3 is 29.6 Å². The standard InChI is InChI=1S/C20H28O3S.Na/c1-3-5-7-10-16-14-18-13-9-12-17(11-8-6-4-2)20(18)19(15-16)24(21,22)23;/h9,12-15H,3-8,10-11H2,1-2H3,(H,21,22,23);/q;+1/p-1. The van der Waals surface area contributed by atoms with Gasteiger partial charge in [0.2, 0.25) is 0 Å². The molecule has 2 rings (SSSR count). The van der Waals surface area contributed by atoms with E-state index in [1.54, 1.807) is 6.07 Å². The minimum Gasteiger partial charge on any atom is -0.744 e. The SMILES string of the molecule is CCCCCc1cc(S(=O)(=O)[O-])c2c(CCCCC)cccc2c1.[Na+]. The van der Waals surface area contributed by atoms with Gasteiger partial charge < -0.3 is 4.55 Å². The Labute approximate surface area is 174 Å². The van der Waals surface area contributed by atoms with Crippen molar-refractivity contribution >= 4 is 20.9 Å². The van der Waals surface area contributed by atoms with E-state index in [2.05, 4.69) is 13.8 Å². The first kappa shape index (κ1) is 22.7. The molecule has 0 aliphatic heterocycles. The summed E-state index contributed by atoms with van der Waals surface area (Å²) in [5, 5.41) is 1.50. The van der Waals surface area contributed by atoms with Crippen LogP contribution in [0.5, 0.6) is 0 Å². The predicted octanol–water partition coefficient (Wildman–Crippen LogP) is 2.21. The maximum absolute atomic E-state index is 11.9. The molecule has 0 heterocycles. The predicted molar refractivity (Wildman–Crippen MR) is 98.4 cm³/mol. The number of aryl methyl sites for hydroxylation is 2. The Morgan fingerprint density at radius 3 is 2.16 bits per heavy atom. The number of benzene rings is 2. The van der Waals surface area contributed by atoms with Crippen molar-refractivity contribution in [3.63, 3.8) is 0 Å². The molecule has 132 valence electrons. The Kier molecular flexibility index (Phi) is 9.68. The molecule has 3 nitrogen and oxygen atoms in total. The zero-order valence-corrected chi connectivity index (χ0v) is 18.5. The molecule has 0 unspecified atom stereocenters. The maximum atomic E-state index is 11.9. The van der Waals surface area contributed by atoms with Crippen LogP contribution in [0.15, 0.2) is 35.2 Å². The van der Waals surface area contributed by atoms with Crippen LogP contribution in [0.25, 0.3) is 10.8 Å². The van der Waals surface area contributed by atoms with Crippen molar-refractivity contribution in [3.05, 3.63) is 41.5 Å². The summed E-state index contributed by atoms with van der Waals surface area (Å²) >= 11 is 0. The first-order chi connectivity index (χ1) is 11.5. The van der Waals surface area contributed by atoms with Crippen LogP contribution in [-0.4, -0.2) is 13.0 Å². The molecule has 0 N–H and O–H groups in total. The Balaban J connectivity index is 0.00000312. The van der Waals surface area contributed by atoms with Crippen molar-refractivity contribution < 1.29 is 42.5 Å². The summed E-state index contributed by atoms with van der Waals surface area (Å²) in [4.78, 5) is -0.0430. The molecule has 0 saturated heterocycles. The molecular weight excluding hydrogens is 343 g/mol. The van der Waals surface area contributed by atoms with E-state index >= 15 is 0 Å². The van der Waals surface area contributed by atoms with Crippen molar-refractivity contribution in [1.29, 1.82) is 0 Å². The largest absolute Gasteiger partial charge is 1.00 e. The Hall–Kier alpha value is -0.390. The summed E-state index contributed by atoms with van der Waals surface area (Å²) in [5.74, 6) is 0. The smallest absolute Gasteiger partial charge is 0.744 e. The van der Waals surface area contributed by atoms with Gasteiger partial charge in [-0.15, -0.1) is 0 Å². The van der Waals surface area contributed by atoms with Crippen LogP contribution in [0, 0.1) is 0 Å². The molecule has 25 heavy (non-hydrogen) atoms. The van der Waals surface area contributed by atoms with E-state index in [-0.39, 0.29) is 34.5 Å². The van der Waals surface area contributed by atoms with Crippen molar-refractivity contribution in [3.8, 4) is 0 Å². The quantitative estimate of drug-likeness (QED) is 0.386. The summed E-state index contributed by atoms with van der Waals surface area (Å²) in [7, 11) is -4.49. The van der Waals surface area contributed by atoms with E-state index in [1.165, 1.54) is 0 Å². The van der Waals surface area contributed by atoms with Crippen LogP contribution in [0.2, 0.25) is 0 Å². The Bertz CT molecular complexity index is 785. The molecular formula is C20H27NaO3S. The summed E-state index contributed by atoms with van der Waals surface area (Å²) < 4.78 is 35.6. The molecule has 0 spiro atoms. The normalized spacial score (nSPS) is 11.5. The van der Waals surface area contributed by atoms with E-state index in [1.807, 2.05) is 24.3 Å². The first-order valence-corrected chi connectivity index (χ1v) is 10.4. The number of fused-ring (bicyclic) bond motifs is 1. The molecule has 0 atom stereocenters. The zero-order valence-electron chi connectivity index (χ0n) is 15.7. The second-order valence-corrected chi connectivity index (χ2v) is 7.83. The summed E-state index contributed by atoms with van der Waals surface area (Å²) in [5.41, 5.74) is 1.91. The number of unbranched alkanes of at least 4 members (excludes halogenated alkanes) is 4. The van der Waals surface area contributed by atoms with Crippen molar-refractivity contribution in [2.45, 2.75) is 70.1 Å². The second-order valence-electron chi connectivity index (χ2n) is 6.48. The Morgan fingerprint density at radius 2 is 1.56 bits per heavy atom.